The van der Waals surface area contributed by atoms with Crippen LogP contribution in [0.25, 0.3) is 0 Å². The molecule has 10 heteroatoms. The summed E-state index contributed by atoms with van der Waals surface area (Å²) in [7, 11) is -4.01. The molecule has 1 N–H and O–H groups in total. The van der Waals surface area contributed by atoms with Crippen molar-refractivity contribution in [3.8, 4) is 0 Å². The molecule has 1 aliphatic heterocycles. The number of hydrogen-bond acceptors (Lipinski definition) is 4. The zero-order valence-corrected chi connectivity index (χ0v) is 16.8. The standard InChI is InChI=1S/C21H16F3N3O3S/c22-13-6-8-15(9-7-13)31(29,30)27-10-2-5-18-19(27)11-14(12-25-18)26-21(28)20-16(23)3-1-4-17(20)24/h1,3-4,6-9,11-12H,2,5,10H2,(H,26,28). The summed E-state index contributed by atoms with van der Waals surface area (Å²) in [5.74, 6) is -3.64. The Bertz CT molecular complexity index is 1240. The number of benzene rings is 2. The third-order valence-corrected chi connectivity index (χ3v) is 6.67. The quantitative estimate of drug-likeness (QED) is 0.658. The number of pyridine rings is 1. The molecule has 2 aromatic carbocycles. The van der Waals surface area contributed by atoms with Gasteiger partial charge >= 0.3 is 0 Å². The number of aromatic nitrogens is 1. The highest BCUT2D eigenvalue weighted by molar-refractivity contribution is 7.92. The van der Waals surface area contributed by atoms with Crippen LogP contribution >= 0.6 is 0 Å². The van der Waals surface area contributed by atoms with E-state index in [0.717, 1.165) is 34.6 Å². The van der Waals surface area contributed by atoms with Crippen molar-refractivity contribution in [1.29, 1.82) is 0 Å². The fourth-order valence-corrected chi connectivity index (χ4v) is 4.88. The minimum atomic E-state index is -4.01. The van der Waals surface area contributed by atoms with Crippen LogP contribution in [0, 0.1) is 17.5 Å². The van der Waals surface area contributed by atoms with Crippen LogP contribution in [-0.2, 0) is 16.4 Å². The number of sulfonamides is 1. The Labute approximate surface area is 176 Å². The van der Waals surface area contributed by atoms with Gasteiger partial charge in [-0.3, -0.25) is 14.1 Å². The molecule has 160 valence electrons. The van der Waals surface area contributed by atoms with Gasteiger partial charge in [0, 0.05) is 6.54 Å². The molecular formula is C21H16F3N3O3S. The third kappa shape index (κ3) is 3.98. The molecule has 0 saturated carbocycles. The van der Waals surface area contributed by atoms with Crippen molar-refractivity contribution in [3.63, 3.8) is 0 Å². The van der Waals surface area contributed by atoms with E-state index in [-0.39, 0.29) is 22.8 Å². The van der Waals surface area contributed by atoms with E-state index in [1.807, 2.05) is 0 Å². The molecule has 0 atom stereocenters. The van der Waals surface area contributed by atoms with Crippen molar-refractivity contribution in [3.05, 3.63) is 83.4 Å². The lowest BCUT2D eigenvalue weighted by Gasteiger charge is -2.30. The molecule has 0 saturated heterocycles. The highest BCUT2D eigenvalue weighted by Crippen LogP contribution is 2.33. The monoisotopic (exact) mass is 447 g/mol. The number of aryl methyl sites for hydroxylation is 1. The maximum Gasteiger partial charge on any atom is 0.264 e. The van der Waals surface area contributed by atoms with E-state index in [1.165, 1.54) is 24.4 Å². The lowest BCUT2D eigenvalue weighted by Crippen LogP contribution is -2.36. The van der Waals surface area contributed by atoms with Gasteiger partial charge in [-0.2, -0.15) is 0 Å². The van der Waals surface area contributed by atoms with E-state index < -0.39 is 38.9 Å². The first-order valence-corrected chi connectivity index (χ1v) is 10.7. The maximum atomic E-state index is 13.9. The molecule has 0 bridgehead atoms. The maximum absolute atomic E-state index is 13.9. The number of anilines is 2. The number of nitrogens with zero attached hydrogens (tertiary/aromatic N) is 2. The molecule has 0 radical (unpaired) electrons. The molecule has 1 aromatic heterocycles. The second kappa shape index (κ2) is 8.03. The van der Waals surface area contributed by atoms with Gasteiger partial charge in [-0.1, -0.05) is 6.07 Å². The molecule has 0 spiro atoms. The summed E-state index contributed by atoms with van der Waals surface area (Å²) in [4.78, 5) is 16.5. The van der Waals surface area contributed by atoms with Crippen LogP contribution in [0.15, 0.2) is 59.6 Å². The predicted molar refractivity (Wildman–Crippen MR) is 108 cm³/mol. The van der Waals surface area contributed by atoms with Crippen molar-refractivity contribution in [2.24, 2.45) is 0 Å². The second-order valence-corrected chi connectivity index (χ2v) is 8.74. The number of amides is 1. The second-order valence-electron chi connectivity index (χ2n) is 6.88. The van der Waals surface area contributed by atoms with Crippen LogP contribution in [0.2, 0.25) is 0 Å². The van der Waals surface area contributed by atoms with E-state index in [1.54, 1.807) is 0 Å². The molecule has 0 fully saturated rings. The van der Waals surface area contributed by atoms with Gasteiger partial charge in [0.2, 0.25) is 0 Å². The highest BCUT2D eigenvalue weighted by Gasteiger charge is 2.30. The van der Waals surface area contributed by atoms with E-state index >= 15 is 0 Å². The first-order valence-electron chi connectivity index (χ1n) is 9.30. The summed E-state index contributed by atoms with van der Waals surface area (Å²) < 4.78 is 68.3. The summed E-state index contributed by atoms with van der Waals surface area (Å²) in [5.41, 5.74) is 0.0537. The summed E-state index contributed by atoms with van der Waals surface area (Å²) in [6, 6.07) is 8.88. The number of carbonyl (C=O) groups is 1. The molecule has 0 unspecified atom stereocenters. The van der Waals surface area contributed by atoms with Gasteiger partial charge in [0.05, 0.1) is 28.2 Å². The van der Waals surface area contributed by atoms with Crippen molar-refractivity contribution < 1.29 is 26.4 Å². The van der Waals surface area contributed by atoms with Gasteiger partial charge in [-0.15, -0.1) is 0 Å². The Morgan fingerprint density at radius 1 is 1.03 bits per heavy atom. The number of rotatable bonds is 4. The number of halogens is 3. The third-order valence-electron chi connectivity index (χ3n) is 4.84. The molecule has 31 heavy (non-hydrogen) atoms. The van der Waals surface area contributed by atoms with Crippen molar-refractivity contribution in [2.45, 2.75) is 17.7 Å². The number of nitrogens with one attached hydrogen (secondary N) is 1. The summed E-state index contributed by atoms with van der Waals surface area (Å²) >= 11 is 0. The topological polar surface area (TPSA) is 79.4 Å². The number of hydrogen-bond donors (Lipinski definition) is 1. The lowest BCUT2D eigenvalue weighted by molar-refractivity contribution is 0.101. The van der Waals surface area contributed by atoms with E-state index in [4.69, 9.17) is 0 Å². The minimum Gasteiger partial charge on any atom is -0.320 e. The SMILES string of the molecule is O=C(Nc1cnc2c(c1)N(S(=O)(=O)c1ccc(F)cc1)CCC2)c1c(F)cccc1F. The Balaban J connectivity index is 1.68. The van der Waals surface area contributed by atoms with Crippen molar-refractivity contribution in [2.75, 3.05) is 16.2 Å². The van der Waals surface area contributed by atoms with Gasteiger partial charge in [0.15, 0.2) is 0 Å². The fraction of sp³-hybridized carbons (Fsp3) is 0.143. The molecular weight excluding hydrogens is 431 g/mol. The average Bonchev–Trinajstić information content (AvgIpc) is 2.73. The van der Waals surface area contributed by atoms with Gasteiger partial charge < -0.3 is 5.32 Å². The zero-order chi connectivity index (χ0) is 22.2. The summed E-state index contributed by atoms with van der Waals surface area (Å²) in [5, 5.41) is 2.36. The first kappa shape index (κ1) is 20.9. The zero-order valence-electron chi connectivity index (χ0n) is 16.0. The smallest absolute Gasteiger partial charge is 0.264 e. The molecule has 0 aliphatic carbocycles. The Morgan fingerprint density at radius 3 is 2.39 bits per heavy atom. The number of fused-ring (bicyclic) bond motifs is 1. The molecule has 2 heterocycles. The van der Waals surface area contributed by atoms with Gasteiger partial charge in [-0.05, 0) is 55.3 Å². The molecule has 4 rings (SSSR count). The minimum absolute atomic E-state index is 0.0765. The largest absolute Gasteiger partial charge is 0.320 e. The van der Waals surface area contributed by atoms with Gasteiger partial charge in [0.1, 0.15) is 23.0 Å². The molecule has 6 nitrogen and oxygen atoms in total. The van der Waals surface area contributed by atoms with Crippen LogP contribution in [0.4, 0.5) is 24.5 Å². The van der Waals surface area contributed by atoms with Crippen LogP contribution in [0.5, 0.6) is 0 Å². The first-order chi connectivity index (χ1) is 14.8. The number of carbonyl (C=O) groups excluding carboxylic acids is 1. The van der Waals surface area contributed by atoms with Crippen LogP contribution in [-0.4, -0.2) is 25.9 Å². The van der Waals surface area contributed by atoms with Crippen LogP contribution in [0.3, 0.4) is 0 Å². The lowest BCUT2D eigenvalue weighted by atomic mass is 10.1. The normalized spacial score (nSPS) is 13.6. The van der Waals surface area contributed by atoms with Crippen molar-refractivity contribution in [1.82, 2.24) is 4.98 Å². The van der Waals surface area contributed by atoms with E-state index in [0.29, 0.717) is 18.5 Å². The Kier molecular flexibility index (Phi) is 5.40. The summed E-state index contributed by atoms with van der Waals surface area (Å²) in [6.07, 6.45) is 2.33. The molecule has 1 amide bonds. The van der Waals surface area contributed by atoms with Gasteiger partial charge in [0.25, 0.3) is 15.9 Å². The predicted octanol–water partition coefficient (Wildman–Crippen LogP) is 3.89. The Hall–Kier alpha value is -3.40. The van der Waals surface area contributed by atoms with E-state index in [9.17, 15) is 26.4 Å². The molecule has 1 aliphatic rings. The van der Waals surface area contributed by atoms with Crippen LogP contribution in [0.1, 0.15) is 22.5 Å². The fourth-order valence-electron chi connectivity index (χ4n) is 3.36. The molecule has 3 aromatic rings. The van der Waals surface area contributed by atoms with E-state index in [2.05, 4.69) is 10.3 Å². The van der Waals surface area contributed by atoms with Crippen LogP contribution < -0.4 is 9.62 Å². The Morgan fingerprint density at radius 2 is 1.71 bits per heavy atom. The van der Waals surface area contributed by atoms with Crippen molar-refractivity contribution >= 4 is 27.3 Å². The average molecular weight is 447 g/mol. The summed E-state index contributed by atoms with van der Waals surface area (Å²) in [6.45, 7) is 0.160. The van der Waals surface area contributed by atoms with Gasteiger partial charge in [-0.25, -0.2) is 21.6 Å². The highest BCUT2D eigenvalue weighted by atomic mass is 32.2.